The summed E-state index contributed by atoms with van der Waals surface area (Å²) in [5.74, 6) is 2.21. The second-order valence-electron chi connectivity index (χ2n) is 7.99. The standard InChI is InChI=1S/C21H28N6O3/c1-16-4-3-9-26(14-16)21-19(27(28)29)20(22-15-23-21)25-12-10-24(11-13-25)17-5-7-18(30-2)8-6-17/h5-8,15-16H,3-4,9-14H2,1-2H3. The number of nitro groups is 1. The number of methoxy groups -OCH3 is 1. The molecule has 30 heavy (non-hydrogen) atoms. The van der Waals surface area contributed by atoms with Crippen LogP contribution >= 0.6 is 0 Å². The smallest absolute Gasteiger partial charge is 0.353 e. The number of benzene rings is 1. The molecule has 9 heteroatoms. The summed E-state index contributed by atoms with van der Waals surface area (Å²) < 4.78 is 5.23. The molecular weight excluding hydrogens is 384 g/mol. The Morgan fingerprint density at radius 1 is 1.00 bits per heavy atom. The Hall–Kier alpha value is -3.10. The zero-order valence-electron chi connectivity index (χ0n) is 17.5. The van der Waals surface area contributed by atoms with Crippen LogP contribution in [0.3, 0.4) is 0 Å². The third-order valence-corrected chi connectivity index (χ3v) is 5.94. The summed E-state index contributed by atoms with van der Waals surface area (Å²) in [6, 6.07) is 7.97. The molecule has 0 saturated carbocycles. The van der Waals surface area contributed by atoms with Crippen molar-refractivity contribution >= 4 is 23.0 Å². The fraction of sp³-hybridized carbons (Fsp3) is 0.524. The summed E-state index contributed by atoms with van der Waals surface area (Å²) in [6.07, 6.45) is 3.64. The molecule has 160 valence electrons. The van der Waals surface area contributed by atoms with Crippen molar-refractivity contribution in [2.24, 2.45) is 5.92 Å². The van der Waals surface area contributed by atoms with E-state index in [4.69, 9.17) is 4.74 Å². The van der Waals surface area contributed by atoms with Gasteiger partial charge in [0.05, 0.1) is 12.0 Å². The lowest BCUT2D eigenvalue weighted by Gasteiger charge is -2.37. The Bertz CT molecular complexity index is 883. The zero-order valence-corrected chi connectivity index (χ0v) is 17.5. The minimum Gasteiger partial charge on any atom is -0.497 e. The van der Waals surface area contributed by atoms with Gasteiger partial charge in [-0.25, -0.2) is 9.97 Å². The van der Waals surface area contributed by atoms with Crippen LogP contribution in [0.4, 0.5) is 23.0 Å². The van der Waals surface area contributed by atoms with E-state index < -0.39 is 0 Å². The Labute approximate surface area is 176 Å². The number of piperidine rings is 1. The molecule has 1 atom stereocenters. The monoisotopic (exact) mass is 412 g/mol. The van der Waals surface area contributed by atoms with Crippen molar-refractivity contribution in [3.8, 4) is 5.75 Å². The normalized spacial score (nSPS) is 19.7. The van der Waals surface area contributed by atoms with Gasteiger partial charge in [0.1, 0.15) is 12.1 Å². The molecule has 3 heterocycles. The van der Waals surface area contributed by atoms with E-state index in [0.29, 0.717) is 30.6 Å². The highest BCUT2D eigenvalue weighted by Gasteiger charge is 2.32. The highest BCUT2D eigenvalue weighted by atomic mass is 16.6. The first-order valence-electron chi connectivity index (χ1n) is 10.4. The summed E-state index contributed by atoms with van der Waals surface area (Å²) >= 11 is 0. The van der Waals surface area contributed by atoms with Crippen LogP contribution in [0.25, 0.3) is 0 Å². The summed E-state index contributed by atoms with van der Waals surface area (Å²) in [6.45, 7) is 6.64. The van der Waals surface area contributed by atoms with E-state index in [1.165, 1.54) is 6.33 Å². The van der Waals surface area contributed by atoms with Crippen LogP contribution in [0, 0.1) is 16.0 Å². The van der Waals surface area contributed by atoms with Gasteiger partial charge in [-0.05, 0) is 43.0 Å². The van der Waals surface area contributed by atoms with Crippen molar-refractivity contribution in [2.75, 3.05) is 61.1 Å². The van der Waals surface area contributed by atoms with Gasteiger partial charge in [-0.15, -0.1) is 0 Å². The van der Waals surface area contributed by atoms with Gasteiger partial charge in [-0.3, -0.25) is 10.1 Å². The van der Waals surface area contributed by atoms with Crippen molar-refractivity contribution < 1.29 is 9.66 Å². The molecule has 2 aliphatic heterocycles. The second kappa shape index (κ2) is 8.73. The average molecular weight is 412 g/mol. The molecule has 2 aromatic rings. The quantitative estimate of drug-likeness (QED) is 0.547. The van der Waals surface area contributed by atoms with E-state index in [2.05, 4.69) is 21.8 Å². The van der Waals surface area contributed by atoms with Gasteiger partial charge < -0.3 is 19.4 Å². The molecule has 0 amide bonds. The number of nitrogens with zero attached hydrogens (tertiary/aromatic N) is 6. The number of ether oxygens (including phenoxy) is 1. The molecule has 0 bridgehead atoms. The molecule has 1 unspecified atom stereocenters. The van der Waals surface area contributed by atoms with Gasteiger partial charge in [-0.1, -0.05) is 6.92 Å². The first kappa shape index (κ1) is 20.2. The van der Waals surface area contributed by atoms with Gasteiger partial charge in [-0.2, -0.15) is 0 Å². The fourth-order valence-electron chi connectivity index (χ4n) is 4.34. The maximum Gasteiger partial charge on any atom is 0.353 e. The van der Waals surface area contributed by atoms with Crippen molar-refractivity contribution in [3.05, 3.63) is 40.7 Å². The summed E-state index contributed by atoms with van der Waals surface area (Å²) in [5.41, 5.74) is 1.15. The Balaban J connectivity index is 1.53. The summed E-state index contributed by atoms with van der Waals surface area (Å²) in [4.78, 5) is 26.7. The molecular formula is C21H28N6O3. The van der Waals surface area contributed by atoms with Gasteiger partial charge >= 0.3 is 5.69 Å². The molecule has 4 rings (SSSR count). The number of rotatable bonds is 5. The highest BCUT2D eigenvalue weighted by molar-refractivity contribution is 5.71. The van der Waals surface area contributed by atoms with Crippen molar-refractivity contribution in [3.63, 3.8) is 0 Å². The number of piperazine rings is 1. The van der Waals surface area contributed by atoms with Crippen molar-refractivity contribution in [1.29, 1.82) is 0 Å². The summed E-state index contributed by atoms with van der Waals surface area (Å²) in [5, 5.41) is 12.0. The molecule has 9 nitrogen and oxygen atoms in total. The second-order valence-corrected chi connectivity index (χ2v) is 7.99. The Kier molecular flexibility index (Phi) is 5.87. The van der Waals surface area contributed by atoms with Gasteiger partial charge in [0.25, 0.3) is 0 Å². The van der Waals surface area contributed by atoms with E-state index in [1.54, 1.807) is 7.11 Å². The largest absolute Gasteiger partial charge is 0.497 e. The number of aromatic nitrogens is 2. The van der Waals surface area contributed by atoms with Gasteiger partial charge in [0.15, 0.2) is 0 Å². The molecule has 0 N–H and O–H groups in total. The lowest BCUT2D eigenvalue weighted by molar-refractivity contribution is -0.383. The van der Waals surface area contributed by atoms with Crippen LogP contribution in [0.1, 0.15) is 19.8 Å². The maximum atomic E-state index is 12.0. The van der Waals surface area contributed by atoms with E-state index in [1.807, 2.05) is 34.1 Å². The maximum absolute atomic E-state index is 12.0. The predicted octanol–water partition coefficient (Wildman–Crippen LogP) is 2.96. The fourth-order valence-corrected chi connectivity index (χ4v) is 4.34. The van der Waals surface area contributed by atoms with Crippen molar-refractivity contribution in [1.82, 2.24) is 9.97 Å². The molecule has 0 spiro atoms. The van der Waals surface area contributed by atoms with E-state index in [0.717, 1.165) is 50.5 Å². The van der Waals surface area contributed by atoms with Gasteiger partial charge in [0.2, 0.25) is 11.6 Å². The van der Waals surface area contributed by atoms with Crippen molar-refractivity contribution in [2.45, 2.75) is 19.8 Å². The minimum atomic E-state index is -0.320. The zero-order chi connectivity index (χ0) is 21.1. The Morgan fingerprint density at radius 3 is 2.23 bits per heavy atom. The lowest BCUT2D eigenvalue weighted by Crippen LogP contribution is -2.47. The molecule has 1 aromatic heterocycles. The van der Waals surface area contributed by atoms with Crippen LogP contribution in [-0.4, -0.2) is 61.3 Å². The number of anilines is 3. The molecule has 2 saturated heterocycles. The predicted molar refractivity (Wildman–Crippen MR) is 117 cm³/mol. The van der Waals surface area contributed by atoms with E-state index in [-0.39, 0.29) is 10.6 Å². The van der Waals surface area contributed by atoms with Gasteiger partial charge in [0, 0.05) is 45.0 Å². The Morgan fingerprint density at radius 2 is 1.63 bits per heavy atom. The minimum absolute atomic E-state index is 0.0319. The average Bonchev–Trinajstić information content (AvgIpc) is 2.78. The molecule has 0 aliphatic carbocycles. The third-order valence-electron chi connectivity index (χ3n) is 5.94. The van der Waals surface area contributed by atoms with Crippen LogP contribution in [0.15, 0.2) is 30.6 Å². The lowest BCUT2D eigenvalue weighted by atomic mass is 10.0. The SMILES string of the molecule is COc1ccc(N2CCN(c3ncnc(N4CCCC(C)C4)c3[N+](=O)[O-])CC2)cc1. The third kappa shape index (κ3) is 4.10. The topological polar surface area (TPSA) is 87.9 Å². The molecule has 0 radical (unpaired) electrons. The van der Waals surface area contributed by atoms with Crippen LogP contribution < -0.4 is 19.4 Å². The van der Waals surface area contributed by atoms with Crippen LogP contribution in [0.5, 0.6) is 5.75 Å². The number of hydrogen-bond donors (Lipinski definition) is 0. The summed E-state index contributed by atoms with van der Waals surface area (Å²) in [7, 11) is 1.65. The highest BCUT2D eigenvalue weighted by Crippen LogP contribution is 2.36. The molecule has 1 aromatic carbocycles. The molecule has 2 fully saturated rings. The first-order chi connectivity index (χ1) is 14.6. The van der Waals surface area contributed by atoms with Crippen LogP contribution in [0.2, 0.25) is 0 Å². The molecule has 2 aliphatic rings. The van der Waals surface area contributed by atoms with Crippen LogP contribution in [-0.2, 0) is 0 Å². The van der Waals surface area contributed by atoms with E-state index in [9.17, 15) is 10.1 Å². The van der Waals surface area contributed by atoms with E-state index >= 15 is 0 Å². The first-order valence-corrected chi connectivity index (χ1v) is 10.4. The number of hydrogen-bond acceptors (Lipinski definition) is 8.